The number of nitrogens with zero attached hydrogens (tertiary/aromatic N) is 1. The van der Waals surface area contributed by atoms with Crippen LogP contribution in [0.15, 0.2) is 94.4 Å². The maximum absolute atomic E-state index is 4.85. The van der Waals surface area contributed by atoms with E-state index in [4.69, 9.17) is 4.99 Å². The first kappa shape index (κ1) is 16.1. The Hall–Kier alpha value is -2.23. The fourth-order valence-corrected chi connectivity index (χ4v) is 2.55. The van der Waals surface area contributed by atoms with E-state index in [1.807, 2.05) is 60.7 Å². The van der Waals surface area contributed by atoms with Crippen LogP contribution in [0.5, 0.6) is 0 Å². The average Bonchev–Trinajstić information content (AvgIpc) is 2.54. The summed E-state index contributed by atoms with van der Waals surface area (Å²) >= 11 is 3.50. The Morgan fingerprint density at radius 3 is 1.73 bits per heavy atom. The van der Waals surface area contributed by atoms with Crippen molar-refractivity contribution >= 4 is 27.3 Å². The van der Waals surface area contributed by atoms with Gasteiger partial charge in [0.05, 0.1) is 11.4 Å². The molecule has 0 aliphatic rings. The predicted octanol–water partition coefficient (Wildman–Crippen LogP) is 5.78. The maximum atomic E-state index is 4.85. The third-order valence-electron chi connectivity index (χ3n) is 3.14. The monoisotopic (exact) mass is 352 g/mol. The Balaban J connectivity index is 0.00000176. The second kappa shape index (κ2) is 7.69. The molecule has 3 N–H and O–H groups in total. The van der Waals surface area contributed by atoms with E-state index in [0.717, 1.165) is 27.0 Å². The van der Waals surface area contributed by atoms with Crippen LogP contribution < -0.4 is 6.15 Å². The summed E-state index contributed by atoms with van der Waals surface area (Å²) in [5.41, 5.74) is 4.15. The van der Waals surface area contributed by atoms with Gasteiger partial charge >= 0.3 is 0 Å². The third kappa shape index (κ3) is 3.91. The molecule has 0 saturated heterocycles. The molecule has 0 heterocycles. The lowest BCUT2D eigenvalue weighted by atomic mass is 10.0. The number of aliphatic imine (C=N–C) groups is 1. The standard InChI is InChI=1S/C19H14BrN.H3N/c20-17-12-7-13-18(14-17)21-19(15-8-3-1-4-9-15)16-10-5-2-6-11-16;/h1-14H;1H3. The summed E-state index contributed by atoms with van der Waals surface area (Å²) in [6.07, 6.45) is 0. The van der Waals surface area contributed by atoms with Gasteiger partial charge in [0.1, 0.15) is 0 Å². The van der Waals surface area contributed by atoms with Crippen molar-refractivity contribution in [2.24, 2.45) is 4.99 Å². The van der Waals surface area contributed by atoms with Crippen LogP contribution >= 0.6 is 15.9 Å². The molecule has 0 aromatic heterocycles. The lowest BCUT2D eigenvalue weighted by molar-refractivity contribution is 1.46. The number of rotatable bonds is 3. The van der Waals surface area contributed by atoms with Crippen molar-refractivity contribution in [3.05, 3.63) is 101 Å². The maximum Gasteiger partial charge on any atom is 0.0781 e. The molecule has 0 amide bonds. The fourth-order valence-electron chi connectivity index (χ4n) is 2.16. The molecular weight excluding hydrogens is 336 g/mol. The Bertz CT molecular complexity index is 711. The van der Waals surface area contributed by atoms with Gasteiger partial charge in [0.15, 0.2) is 0 Å². The summed E-state index contributed by atoms with van der Waals surface area (Å²) in [5, 5.41) is 0. The van der Waals surface area contributed by atoms with Crippen molar-refractivity contribution in [2.75, 3.05) is 0 Å². The molecule has 0 bridgehead atoms. The Labute approximate surface area is 139 Å². The van der Waals surface area contributed by atoms with Crippen molar-refractivity contribution in [2.45, 2.75) is 0 Å². The molecule has 3 rings (SSSR count). The highest BCUT2D eigenvalue weighted by molar-refractivity contribution is 9.10. The van der Waals surface area contributed by atoms with Gasteiger partial charge in [-0.3, -0.25) is 0 Å². The van der Waals surface area contributed by atoms with Crippen molar-refractivity contribution in [1.82, 2.24) is 6.15 Å². The molecule has 0 saturated carbocycles. The molecular formula is C19H17BrN2. The van der Waals surface area contributed by atoms with E-state index in [1.54, 1.807) is 0 Å². The topological polar surface area (TPSA) is 47.4 Å². The highest BCUT2D eigenvalue weighted by Crippen LogP contribution is 2.21. The summed E-state index contributed by atoms with van der Waals surface area (Å²) in [5.74, 6) is 0. The van der Waals surface area contributed by atoms with E-state index in [2.05, 4.69) is 40.2 Å². The Kier molecular flexibility index (Phi) is 5.64. The first-order valence-electron chi connectivity index (χ1n) is 6.78. The highest BCUT2D eigenvalue weighted by Gasteiger charge is 2.06. The highest BCUT2D eigenvalue weighted by atomic mass is 79.9. The zero-order chi connectivity index (χ0) is 14.5. The summed E-state index contributed by atoms with van der Waals surface area (Å²) in [6, 6.07) is 28.6. The third-order valence-corrected chi connectivity index (χ3v) is 3.64. The minimum atomic E-state index is 0. The van der Waals surface area contributed by atoms with E-state index in [9.17, 15) is 0 Å². The molecule has 0 spiro atoms. The van der Waals surface area contributed by atoms with E-state index in [0.29, 0.717) is 0 Å². The molecule has 0 radical (unpaired) electrons. The van der Waals surface area contributed by atoms with Crippen LogP contribution in [0.3, 0.4) is 0 Å². The minimum absolute atomic E-state index is 0. The van der Waals surface area contributed by atoms with E-state index < -0.39 is 0 Å². The number of hydrogen-bond acceptors (Lipinski definition) is 2. The lowest BCUT2D eigenvalue weighted by Crippen LogP contribution is -2.02. The van der Waals surface area contributed by atoms with Crippen molar-refractivity contribution in [3.63, 3.8) is 0 Å². The summed E-state index contributed by atoms with van der Waals surface area (Å²) < 4.78 is 1.03. The zero-order valence-electron chi connectivity index (χ0n) is 12.1. The van der Waals surface area contributed by atoms with E-state index in [-0.39, 0.29) is 6.15 Å². The van der Waals surface area contributed by atoms with Crippen LogP contribution in [0.4, 0.5) is 5.69 Å². The number of benzene rings is 3. The van der Waals surface area contributed by atoms with Gasteiger partial charge in [0.25, 0.3) is 0 Å². The first-order chi connectivity index (χ1) is 10.3. The second-order valence-corrected chi connectivity index (χ2v) is 5.59. The molecule has 3 aromatic rings. The van der Waals surface area contributed by atoms with Crippen molar-refractivity contribution < 1.29 is 0 Å². The van der Waals surface area contributed by atoms with Gasteiger partial charge in [-0.25, -0.2) is 4.99 Å². The quantitative estimate of drug-likeness (QED) is 0.596. The van der Waals surface area contributed by atoms with Gasteiger partial charge < -0.3 is 6.15 Å². The van der Waals surface area contributed by atoms with Gasteiger partial charge in [-0.1, -0.05) is 82.7 Å². The van der Waals surface area contributed by atoms with Crippen LogP contribution in [0.1, 0.15) is 11.1 Å². The minimum Gasteiger partial charge on any atom is -0.344 e. The van der Waals surface area contributed by atoms with E-state index in [1.165, 1.54) is 0 Å². The summed E-state index contributed by atoms with van der Waals surface area (Å²) in [7, 11) is 0. The van der Waals surface area contributed by atoms with Crippen LogP contribution in [0.25, 0.3) is 0 Å². The normalized spacial score (nSPS) is 9.68. The van der Waals surface area contributed by atoms with Crippen LogP contribution in [0, 0.1) is 0 Å². The van der Waals surface area contributed by atoms with Crippen LogP contribution in [-0.2, 0) is 0 Å². The van der Waals surface area contributed by atoms with Crippen molar-refractivity contribution in [1.29, 1.82) is 0 Å². The number of halogens is 1. The zero-order valence-corrected chi connectivity index (χ0v) is 13.7. The smallest absolute Gasteiger partial charge is 0.0781 e. The molecule has 3 heteroatoms. The Morgan fingerprint density at radius 2 is 1.23 bits per heavy atom. The van der Waals surface area contributed by atoms with Gasteiger partial charge in [0.2, 0.25) is 0 Å². The molecule has 0 aliphatic carbocycles. The van der Waals surface area contributed by atoms with Gasteiger partial charge in [-0.2, -0.15) is 0 Å². The second-order valence-electron chi connectivity index (χ2n) is 4.67. The largest absolute Gasteiger partial charge is 0.344 e. The van der Waals surface area contributed by atoms with Gasteiger partial charge in [-0.15, -0.1) is 0 Å². The summed E-state index contributed by atoms with van der Waals surface area (Å²) in [4.78, 5) is 4.85. The molecule has 0 unspecified atom stereocenters. The average molecular weight is 353 g/mol. The van der Waals surface area contributed by atoms with Gasteiger partial charge in [-0.05, 0) is 18.2 Å². The Morgan fingerprint density at radius 1 is 0.682 bits per heavy atom. The molecule has 2 nitrogen and oxygen atoms in total. The SMILES string of the molecule is Brc1cccc(N=C(c2ccccc2)c2ccccc2)c1.N. The fraction of sp³-hybridized carbons (Fsp3) is 0. The van der Waals surface area contributed by atoms with Crippen LogP contribution in [0.2, 0.25) is 0 Å². The van der Waals surface area contributed by atoms with Crippen LogP contribution in [-0.4, -0.2) is 5.71 Å². The predicted molar refractivity (Wildman–Crippen MR) is 97.3 cm³/mol. The molecule has 22 heavy (non-hydrogen) atoms. The van der Waals surface area contributed by atoms with Gasteiger partial charge in [0, 0.05) is 15.6 Å². The molecule has 0 aliphatic heterocycles. The first-order valence-corrected chi connectivity index (χ1v) is 7.57. The van der Waals surface area contributed by atoms with E-state index >= 15 is 0 Å². The molecule has 110 valence electrons. The molecule has 3 aromatic carbocycles. The molecule has 0 atom stereocenters. The van der Waals surface area contributed by atoms with Crippen molar-refractivity contribution in [3.8, 4) is 0 Å². The molecule has 0 fully saturated rings. The lowest BCUT2D eigenvalue weighted by Gasteiger charge is -2.07. The summed E-state index contributed by atoms with van der Waals surface area (Å²) in [6.45, 7) is 0. The number of hydrogen-bond donors (Lipinski definition) is 1.